The summed E-state index contributed by atoms with van der Waals surface area (Å²) in [5, 5.41) is 5.71. The molecule has 1 atom stereocenters. The summed E-state index contributed by atoms with van der Waals surface area (Å²) in [6, 6.07) is -0.289. The Labute approximate surface area is 52.6 Å². The van der Waals surface area contributed by atoms with Gasteiger partial charge in [-0.1, -0.05) is 0 Å². The van der Waals surface area contributed by atoms with E-state index in [2.05, 4.69) is 10.6 Å². The van der Waals surface area contributed by atoms with Gasteiger partial charge >= 0.3 is 0 Å². The first kappa shape index (κ1) is 6.38. The van der Waals surface area contributed by atoms with Crippen molar-refractivity contribution in [1.29, 1.82) is 0 Å². The Morgan fingerprint density at radius 2 is 2.44 bits per heavy atom. The number of hydrogen-bond acceptors (Lipinski definition) is 4. The molecule has 4 heteroatoms. The van der Waals surface area contributed by atoms with Crippen molar-refractivity contribution >= 4 is 12.1 Å². The third-order valence-electron chi connectivity index (χ3n) is 1.28. The van der Waals surface area contributed by atoms with Crippen molar-refractivity contribution in [3.05, 3.63) is 0 Å². The predicted octanol–water partition coefficient (Wildman–Crippen LogP) is -1.73. The molecule has 0 radical (unpaired) electrons. The molecule has 1 aliphatic heterocycles. The zero-order valence-electron chi connectivity index (χ0n) is 4.89. The lowest BCUT2D eigenvalue weighted by Crippen LogP contribution is -2.33. The molecule has 2 N–H and O–H groups in total. The van der Waals surface area contributed by atoms with E-state index >= 15 is 0 Å². The fourth-order valence-electron chi connectivity index (χ4n) is 0.767. The highest BCUT2D eigenvalue weighted by atomic mass is 16.2. The van der Waals surface area contributed by atoms with Gasteiger partial charge in [-0.15, -0.1) is 0 Å². The van der Waals surface area contributed by atoms with Crippen molar-refractivity contribution in [3.63, 3.8) is 0 Å². The van der Waals surface area contributed by atoms with E-state index in [9.17, 15) is 9.59 Å². The lowest BCUT2D eigenvalue weighted by Gasteiger charge is -1.99. The number of aldehydes is 1. The van der Waals surface area contributed by atoms with Gasteiger partial charge in [0.1, 0.15) is 0 Å². The van der Waals surface area contributed by atoms with Gasteiger partial charge in [0.05, 0.1) is 6.04 Å². The molecule has 1 heterocycles. The monoisotopic (exact) mass is 128 g/mol. The fourth-order valence-corrected chi connectivity index (χ4v) is 0.767. The SMILES string of the molecule is O=CC(=O)C1CNCN1. The van der Waals surface area contributed by atoms with Gasteiger partial charge in [-0.05, 0) is 0 Å². The summed E-state index contributed by atoms with van der Waals surface area (Å²) < 4.78 is 0. The molecule has 50 valence electrons. The van der Waals surface area contributed by atoms with E-state index in [-0.39, 0.29) is 11.8 Å². The van der Waals surface area contributed by atoms with Crippen LogP contribution in [0, 0.1) is 0 Å². The summed E-state index contributed by atoms with van der Waals surface area (Å²) in [6.45, 7) is 1.18. The van der Waals surface area contributed by atoms with E-state index in [0.717, 1.165) is 0 Å². The molecule has 9 heavy (non-hydrogen) atoms. The minimum Gasteiger partial charge on any atom is -0.302 e. The van der Waals surface area contributed by atoms with E-state index in [1.165, 1.54) is 0 Å². The lowest BCUT2D eigenvalue weighted by molar-refractivity contribution is -0.130. The molecule has 1 rings (SSSR count). The van der Waals surface area contributed by atoms with Gasteiger partial charge in [0.2, 0.25) is 5.78 Å². The molecule has 0 bridgehead atoms. The average Bonchev–Trinajstić information content (AvgIpc) is 2.37. The quantitative estimate of drug-likeness (QED) is 0.343. The molecule has 0 aromatic heterocycles. The van der Waals surface area contributed by atoms with Crippen molar-refractivity contribution in [1.82, 2.24) is 10.6 Å². The topological polar surface area (TPSA) is 58.2 Å². The first-order valence-electron chi connectivity index (χ1n) is 2.77. The maximum Gasteiger partial charge on any atom is 0.213 e. The molecule has 0 aromatic rings. The minimum atomic E-state index is -0.375. The van der Waals surface area contributed by atoms with Gasteiger partial charge in [-0.2, -0.15) is 0 Å². The van der Waals surface area contributed by atoms with Gasteiger partial charge in [0.25, 0.3) is 0 Å². The van der Waals surface area contributed by atoms with E-state index < -0.39 is 0 Å². The van der Waals surface area contributed by atoms with Crippen molar-refractivity contribution < 1.29 is 9.59 Å². The van der Waals surface area contributed by atoms with Crippen molar-refractivity contribution in [2.24, 2.45) is 0 Å². The fraction of sp³-hybridized carbons (Fsp3) is 0.600. The number of carbonyl (C=O) groups excluding carboxylic acids is 2. The molecular weight excluding hydrogens is 120 g/mol. The van der Waals surface area contributed by atoms with Gasteiger partial charge in [0.15, 0.2) is 6.29 Å². The van der Waals surface area contributed by atoms with Crippen LogP contribution >= 0.6 is 0 Å². The Morgan fingerprint density at radius 3 is 2.89 bits per heavy atom. The van der Waals surface area contributed by atoms with Crippen LogP contribution < -0.4 is 10.6 Å². The molecule has 0 aromatic carbocycles. The molecule has 1 unspecified atom stereocenters. The zero-order valence-corrected chi connectivity index (χ0v) is 4.89. The number of ketones is 1. The second kappa shape index (κ2) is 2.70. The minimum absolute atomic E-state index is 0.289. The lowest BCUT2D eigenvalue weighted by atomic mass is 10.2. The standard InChI is InChI=1S/C5H8N2O2/c8-2-5(9)4-1-6-3-7-4/h2,4,6-7H,1,3H2. The number of Topliss-reactive ketones (excluding diaryl/α,β-unsaturated/α-hetero) is 1. The van der Waals surface area contributed by atoms with Crippen molar-refractivity contribution in [2.75, 3.05) is 13.2 Å². The van der Waals surface area contributed by atoms with E-state index in [1.807, 2.05) is 0 Å². The molecule has 0 aliphatic carbocycles. The Morgan fingerprint density at radius 1 is 1.67 bits per heavy atom. The average molecular weight is 128 g/mol. The van der Waals surface area contributed by atoms with Gasteiger partial charge < -0.3 is 5.32 Å². The van der Waals surface area contributed by atoms with Crippen LogP contribution in [0.25, 0.3) is 0 Å². The van der Waals surface area contributed by atoms with E-state index in [1.54, 1.807) is 0 Å². The van der Waals surface area contributed by atoms with Crippen LogP contribution in [-0.4, -0.2) is 31.3 Å². The Bertz CT molecular complexity index is 129. The summed E-state index contributed by atoms with van der Waals surface area (Å²) >= 11 is 0. The van der Waals surface area contributed by atoms with Crippen LogP contribution in [0.4, 0.5) is 0 Å². The third kappa shape index (κ3) is 1.34. The Balaban J connectivity index is 2.41. The summed E-state index contributed by atoms with van der Waals surface area (Å²) in [5.74, 6) is -0.375. The van der Waals surface area contributed by atoms with E-state index in [4.69, 9.17) is 0 Å². The highest BCUT2D eigenvalue weighted by Gasteiger charge is 2.19. The second-order valence-electron chi connectivity index (χ2n) is 1.91. The van der Waals surface area contributed by atoms with Crippen LogP contribution in [0.2, 0.25) is 0 Å². The Kier molecular flexibility index (Phi) is 1.92. The van der Waals surface area contributed by atoms with E-state index in [0.29, 0.717) is 19.5 Å². The number of rotatable bonds is 2. The zero-order chi connectivity index (χ0) is 6.69. The Hall–Kier alpha value is -0.740. The van der Waals surface area contributed by atoms with Crippen LogP contribution in [0.3, 0.4) is 0 Å². The third-order valence-corrected chi connectivity index (χ3v) is 1.28. The summed E-state index contributed by atoms with van der Waals surface area (Å²) in [4.78, 5) is 20.4. The highest BCUT2D eigenvalue weighted by Crippen LogP contribution is 1.86. The summed E-state index contributed by atoms with van der Waals surface area (Å²) in [6.07, 6.45) is 0.352. The smallest absolute Gasteiger partial charge is 0.213 e. The largest absolute Gasteiger partial charge is 0.302 e. The first-order chi connectivity index (χ1) is 4.34. The molecule has 0 saturated carbocycles. The highest BCUT2D eigenvalue weighted by molar-refractivity contribution is 6.27. The van der Waals surface area contributed by atoms with Gasteiger partial charge in [0, 0.05) is 13.2 Å². The number of nitrogens with one attached hydrogen (secondary N) is 2. The summed E-state index contributed by atoms with van der Waals surface area (Å²) in [7, 11) is 0. The van der Waals surface area contributed by atoms with Crippen LogP contribution in [0.1, 0.15) is 0 Å². The van der Waals surface area contributed by atoms with Gasteiger partial charge in [-0.25, -0.2) is 0 Å². The molecule has 0 spiro atoms. The maximum absolute atomic E-state index is 10.5. The molecule has 0 amide bonds. The molecular formula is C5H8N2O2. The summed E-state index contributed by atoms with van der Waals surface area (Å²) in [5.41, 5.74) is 0. The number of carbonyl (C=O) groups is 2. The van der Waals surface area contributed by atoms with Crippen LogP contribution in [0.5, 0.6) is 0 Å². The first-order valence-corrected chi connectivity index (χ1v) is 2.77. The molecule has 1 saturated heterocycles. The van der Waals surface area contributed by atoms with Crippen LogP contribution in [-0.2, 0) is 9.59 Å². The molecule has 4 nitrogen and oxygen atoms in total. The maximum atomic E-state index is 10.5. The second-order valence-corrected chi connectivity index (χ2v) is 1.91. The number of hydrogen-bond donors (Lipinski definition) is 2. The van der Waals surface area contributed by atoms with Crippen LogP contribution in [0.15, 0.2) is 0 Å². The van der Waals surface area contributed by atoms with Crippen molar-refractivity contribution in [3.8, 4) is 0 Å². The molecule has 1 fully saturated rings. The normalized spacial score (nSPS) is 26.0. The predicted molar refractivity (Wildman–Crippen MR) is 30.9 cm³/mol. The van der Waals surface area contributed by atoms with Gasteiger partial charge in [-0.3, -0.25) is 14.9 Å². The van der Waals surface area contributed by atoms with Crippen molar-refractivity contribution in [2.45, 2.75) is 6.04 Å². The molecule has 1 aliphatic rings.